The topological polar surface area (TPSA) is 38.7 Å². The third-order valence-electron chi connectivity index (χ3n) is 13.3. The molecule has 3 nitrogen and oxygen atoms in total. The first-order valence-corrected chi connectivity index (χ1v) is 21.6. The average Bonchev–Trinajstić information content (AvgIpc) is 3.82. The second-order valence-corrected chi connectivity index (χ2v) is 16.7. The van der Waals surface area contributed by atoms with Crippen LogP contribution >= 0.6 is 0 Å². The molecular weight excluding hydrogens is 763 g/mol. The first kappa shape index (κ1) is 35.5. The summed E-state index contributed by atoms with van der Waals surface area (Å²) in [5.74, 6) is 0.679. The number of pyridine rings is 1. The summed E-state index contributed by atoms with van der Waals surface area (Å²) in [6, 6.07) is 80.8. The number of hydrogen-bond donors (Lipinski definition) is 0. The molecule has 0 N–H and O–H groups in total. The van der Waals surface area contributed by atoms with Crippen LogP contribution in [-0.4, -0.2) is 15.0 Å². The van der Waals surface area contributed by atoms with Crippen LogP contribution in [0.2, 0.25) is 0 Å². The van der Waals surface area contributed by atoms with Crippen LogP contribution in [0.3, 0.4) is 0 Å². The van der Waals surface area contributed by atoms with Crippen LogP contribution < -0.4 is 0 Å². The Morgan fingerprint density at radius 2 is 0.778 bits per heavy atom. The van der Waals surface area contributed by atoms with E-state index >= 15 is 0 Å². The molecule has 1 spiro atoms. The Labute approximate surface area is 365 Å². The second kappa shape index (κ2) is 13.9. The molecule has 0 unspecified atom stereocenters. The van der Waals surface area contributed by atoms with E-state index in [2.05, 4.69) is 218 Å². The number of aromatic nitrogens is 3. The van der Waals surface area contributed by atoms with Crippen LogP contribution in [0.25, 0.3) is 100 Å². The van der Waals surface area contributed by atoms with E-state index in [1.54, 1.807) is 0 Å². The lowest BCUT2D eigenvalue weighted by Crippen LogP contribution is -2.25. The Bertz CT molecular complexity index is 3580. The van der Waals surface area contributed by atoms with E-state index in [1.165, 1.54) is 49.9 Å². The van der Waals surface area contributed by atoms with Crippen molar-refractivity contribution in [2.24, 2.45) is 0 Å². The zero-order valence-corrected chi connectivity index (χ0v) is 34.2. The van der Waals surface area contributed by atoms with Crippen molar-refractivity contribution in [1.82, 2.24) is 15.0 Å². The molecule has 0 atom stereocenters. The predicted octanol–water partition coefficient (Wildman–Crippen LogP) is 14.9. The highest BCUT2D eigenvalue weighted by atomic mass is 14.9. The molecule has 63 heavy (non-hydrogen) atoms. The molecule has 2 aliphatic carbocycles. The van der Waals surface area contributed by atoms with E-state index in [0.717, 1.165) is 66.8 Å². The van der Waals surface area contributed by atoms with Gasteiger partial charge in [0.05, 0.1) is 28.0 Å². The Balaban J connectivity index is 1.05. The van der Waals surface area contributed by atoms with Crippen molar-refractivity contribution in [1.29, 1.82) is 0 Å². The van der Waals surface area contributed by atoms with Crippen molar-refractivity contribution in [2.75, 3.05) is 0 Å². The van der Waals surface area contributed by atoms with Crippen molar-refractivity contribution in [3.63, 3.8) is 0 Å². The van der Waals surface area contributed by atoms with Gasteiger partial charge < -0.3 is 0 Å². The van der Waals surface area contributed by atoms with Crippen LogP contribution in [0.5, 0.6) is 0 Å². The largest absolute Gasteiger partial charge is 0.248 e. The first-order valence-electron chi connectivity index (χ1n) is 21.6. The lowest BCUT2D eigenvalue weighted by molar-refractivity contribution is 0.794. The van der Waals surface area contributed by atoms with Gasteiger partial charge in [-0.15, -0.1) is 0 Å². The molecule has 0 radical (unpaired) electrons. The molecule has 0 aliphatic heterocycles. The highest BCUT2D eigenvalue weighted by molar-refractivity contribution is 6.04. The van der Waals surface area contributed by atoms with E-state index in [0.29, 0.717) is 5.82 Å². The van der Waals surface area contributed by atoms with Gasteiger partial charge in [0, 0.05) is 27.6 Å². The van der Waals surface area contributed by atoms with Crippen LogP contribution in [0.1, 0.15) is 22.3 Å². The smallest absolute Gasteiger partial charge is 0.160 e. The van der Waals surface area contributed by atoms with Crippen LogP contribution in [-0.2, 0) is 5.41 Å². The fourth-order valence-corrected chi connectivity index (χ4v) is 10.6. The van der Waals surface area contributed by atoms with Gasteiger partial charge in [-0.2, -0.15) is 0 Å². The van der Waals surface area contributed by atoms with Gasteiger partial charge in [-0.1, -0.05) is 194 Å². The third-order valence-corrected chi connectivity index (χ3v) is 13.3. The van der Waals surface area contributed by atoms with E-state index in [4.69, 9.17) is 15.0 Å². The van der Waals surface area contributed by atoms with E-state index in [9.17, 15) is 0 Å². The molecule has 13 rings (SSSR count). The molecule has 0 fully saturated rings. The quantitative estimate of drug-likeness (QED) is 0.174. The van der Waals surface area contributed by atoms with Gasteiger partial charge in [-0.25, -0.2) is 15.0 Å². The van der Waals surface area contributed by atoms with Crippen molar-refractivity contribution < 1.29 is 0 Å². The molecule has 292 valence electrons. The second-order valence-electron chi connectivity index (χ2n) is 16.7. The molecule has 0 bridgehead atoms. The maximum atomic E-state index is 5.51. The monoisotopic (exact) mass is 799 g/mol. The zero-order chi connectivity index (χ0) is 41.5. The summed E-state index contributed by atoms with van der Waals surface area (Å²) in [6.45, 7) is 0. The van der Waals surface area contributed by atoms with E-state index < -0.39 is 5.41 Å². The zero-order valence-electron chi connectivity index (χ0n) is 34.2. The molecule has 0 amide bonds. The van der Waals surface area contributed by atoms with Gasteiger partial charge in [0.2, 0.25) is 0 Å². The third kappa shape index (κ3) is 5.36. The maximum Gasteiger partial charge on any atom is 0.160 e. The fourth-order valence-electron chi connectivity index (χ4n) is 10.6. The standard InChI is InChI=1S/C60H37N3/c1-3-18-39(19-4-1)55-35-48(41-23-15-24-42(33-41)59-62-56(40-20-5-2-6-21-40)37-58(63-59)47-29-16-22-38-17-7-8-25-43(38)47)50-34-49-46-28-11-14-32-53(46)60(54(49)36-57(50)61-55)51-30-12-9-26-44(51)45-27-10-13-31-52(45)60/h1-37H. The molecule has 3 heteroatoms. The van der Waals surface area contributed by atoms with Crippen molar-refractivity contribution in [3.05, 3.63) is 247 Å². The molecule has 9 aromatic carbocycles. The molecule has 2 aromatic heterocycles. The van der Waals surface area contributed by atoms with Gasteiger partial charge in [-0.3, -0.25) is 0 Å². The fraction of sp³-hybridized carbons (Fsp3) is 0.0167. The minimum atomic E-state index is -0.458. The Hall–Kier alpha value is -8.27. The number of rotatable bonds is 5. The summed E-state index contributed by atoms with van der Waals surface area (Å²) in [4.78, 5) is 16.1. The summed E-state index contributed by atoms with van der Waals surface area (Å²) in [5.41, 5.74) is 19.9. The summed E-state index contributed by atoms with van der Waals surface area (Å²) < 4.78 is 0. The molecule has 11 aromatic rings. The molecule has 0 saturated carbocycles. The van der Waals surface area contributed by atoms with Gasteiger partial charge in [0.1, 0.15) is 0 Å². The molecule has 2 heterocycles. The lowest BCUT2D eigenvalue weighted by atomic mass is 9.70. The van der Waals surface area contributed by atoms with Crippen molar-refractivity contribution >= 4 is 21.7 Å². The maximum absolute atomic E-state index is 5.51. The van der Waals surface area contributed by atoms with Gasteiger partial charge >= 0.3 is 0 Å². The number of hydrogen-bond acceptors (Lipinski definition) is 3. The first-order chi connectivity index (χ1) is 31.2. The van der Waals surface area contributed by atoms with Gasteiger partial charge in [0.15, 0.2) is 5.82 Å². The number of fused-ring (bicyclic) bond motifs is 12. The summed E-state index contributed by atoms with van der Waals surface area (Å²) in [7, 11) is 0. The average molecular weight is 800 g/mol. The lowest BCUT2D eigenvalue weighted by Gasteiger charge is -2.30. The Morgan fingerprint density at radius 1 is 0.270 bits per heavy atom. The highest BCUT2D eigenvalue weighted by Crippen LogP contribution is 2.63. The Kier molecular flexibility index (Phi) is 7.82. The summed E-state index contributed by atoms with van der Waals surface area (Å²) in [5, 5.41) is 3.44. The number of benzene rings is 9. The number of nitrogens with zero attached hydrogens (tertiary/aromatic N) is 3. The summed E-state index contributed by atoms with van der Waals surface area (Å²) in [6.07, 6.45) is 0. The molecule has 0 saturated heterocycles. The minimum absolute atomic E-state index is 0.458. The SMILES string of the molecule is c1ccc(-c2cc(-c3cccc4ccccc34)nc(-c3cccc(-c4cc(-c5ccccc5)nc5cc6c(cc45)-c4ccccc4C64c5ccccc5-c5ccccc54)c3)n2)cc1. The van der Waals surface area contributed by atoms with Crippen molar-refractivity contribution in [3.8, 4) is 78.5 Å². The van der Waals surface area contributed by atoms with Crippen molar-refractivity contribution in [2.45, 2.75) is 5.41 Å². The van der Waals surface area contributed by atoms with Gasteiger partial charge in [-0.05, 0) is 96.7 Å². The Morgan fingerprint density at radius 3 is 1.48 bits per heavy atom. The molecular formula is C60H37N3. The normalized spacial score (nSPS) is 12.9. The van der Waals surface area contributed by atoms with E-state index in [1.807, 2.05) is 6.07 Å². The van der Waals surface area contributed by atoms with Gasteiger partial charge in [0.25, 0.3) is 0 Å². The van der Waals surface area contributed by atoms with Crippen LogP contribution in [0.15, 0.2) is 224 Å². The summed E-state index contributed by atoms with van der Waals surface area (Å²) >= 11 is 0. The predicted molar refractivity (Wildman–Crippen MR) is 258 cm³/mol. The highest BCUT2D eigenvalue weighted by Gasteiger charge is 2.51. The molecule has 2 aliphatic rings. The van der Waals surface area contributed by atoms with E-state index in [-0.39, 0.29) is 0 Å². The van der Waals surface area contributed by atoms with Crippen LogP contribution in [0.4, 0.5) is 0 Å². The minimum Gasteiger partial charge on any atom is -0.248 e. The van der Waals surface area contributed by atoms with Crippen LogP contribution in [0, 0.1) is 0 Å².